The fourth-order valence-corrected chi connectivity index (χ4v) is 2.39. The van der Waals surface area contributed by atoms with Gasteiger partial charge in [0.05, 0.1) is 15.7 Å². The average molecular weight is 325 g/mol. The van der Waals surface area contributed by atoms with E-state index >= 15 is 0 Å². The summed E-state index contributed by atoms with van der Waals surface area (Å²) in [4.78, 5) is 8.87. The zero-order valence-electron chi connectivity index (χ0n) is 12.3. The number of hydrogen-bond acceptors (Lipinski definition) is 4. The van der Waals surface area contributed by atoms with Gasteiger partial charge >= 0.3 is 0 Å². The Labute approximate surface area is 134 Å². The molecule has 0 amide bonds. The Morgan fingerprint density at radius 1 is 1.05 bits per heavy atom. The van der Waals surface area contributed by atoms with E-state index in [0.717, 1.165) is 24.3 Å². The molecule has 21 heavy (non-hydrogen) atoms. The third-order valence-corrected chi connectivity index (χ3v) is 3.64. The maximum Gasteiger partial charge on any atom is 0.139 e. The number of aryl methyl sites for hydroxylation is 1. The number of nitrogens with one attached hydrogen (secondary N) is 2. The van der Waals surface area contributed by atoms with Crippen molar-refractivity contribution in [1.82, 2.24) is 9.97 Å². The van der Waals surface area contributed by atoms with Crippen LogP contribution in [0.2, 0.25) is 10.0 Å². The monoisotopic (exact) mass is 324 g/mol. The first-order valence-corrected chi connectivity index (χ1v) is 7.58. The summed E-state index contributed by atoms with van der Waals surface area (Å²) in [5.74, 6) is 2.22. The molecule has 6 heteroatoms. The Morgan fingerprint density at radius 3 is 2.29 bits per heavy atom. The van der Waals surface area contributed by atoms with Gasteiger partial charge < -0.3 is 10.6 Å². The second-order valence-electron chi connectivity index (χ2n) is 4.74. The van der Waals surface area contributed by atoms with Crippen LogP contribution in [0.3, 0.4) is 0 Å². The number of aromatic nitrogens is 2. The first kappa shape index (κ1) is 15.9. The molecule has 2 aromatic rings. The lowest BCUT2D eigenvalue weighted by atomic mass is 10.2. The van der Waals surface area contributed by atoms with Crippen LogP contribution in [0.4, 0.5) is 17.3 Å². The summed E-state index contributed by atoms with van der Waals surface area (Å²) in [6, 6.07) is 5.38. The van der Waals surface area contributed by atoms with E-state index in [0.29, 0.717) is 27.4 Å². The van der Waals surface area contributed by atoms with Gasteiger partial charge in [0.2, 0.25) is 0 Å². The topological polar surface area (TPSA) is 49.8 Å². The molecule has 0 radical (unpaired) electrons. The molecule has 0 fully saturated rings. The summed E-state index contributed by atoms with van der Waals surface area (Å²) in [6.45, 7) is 6.79. The third-order valence-electron chi connectivity index (χ3n) is 3.01. The molecule has 0 aliphatic heterocycles. The van der Waals surface area contributed by atoms with Crippen LogP contribution in [0.5, 0.6) is 0 Å². The predicted octanol–water partition coefficient (Wildman–Crippen LogP) is 4.97. The Morgan fingerprint density at radius 2 is 1.67 bits per heavy atom. The van der Waals surface area contributed by atoms with E-state index in [1.807, 2.05) is 19.9 Å². The molecule has 0 saturated carbocycles. The quantitative estimate of drug-likeness (QED) is 0.815. The van der Waals surface area contributed by atoms with Crippen LogP contribution in [0.15, 0.2) is 18.2 Å². The van der Waals surface area contributed by atoms with Gasteiger partial charge in [-0.25, -0.2) is 9.97 Å². The maximum absolute atomic E-state index is 6.19. The normalized spacial score (nSPS) is 10.5. The molecule has 0 spiro atoms. The molecule has 0 unspecified atom stereocenters. The molecule has 0 saturated heterocycles. The second-order valence-corrected chi connectivity index (χ2v) is 5.56. The van der Waals surface area contributed by atoms with Crippen molar-refractivity contribution in [3.8, 4) is 0 Å². The van der Waals surface area contributed by atoms with Crippen molar-refractivity contribution in [2.24, 2.45) is 0 Å². The Balaban J connectivity index is 2.38. The minimum absolute atomic E-state index is 0.557. The van der Waals surface area contributed by atoms with E-state index in [-0.39, 0.29) is 0 Å². The lowest BCUT2D eigenvalue weighted by Crippen LogP contribution is -2.09. The molecule has 0 aliphatic carbocycles. The molecule has 4 nitrogen and oxygen atoms in total. The Kier molecular flexibility index (Phi) is 5.26. The van der Waals surface area contributed by atoms with Gasteiger partial charge in [-0.1, -0.05) is 36.2 Å². The van der Waals surface area contributed by atoms with Crippen LogP contribution in [-0.4, -0.2) is 16.5 Å². The SMILES string of the molecule is CCCNc1nc(C)nc(Nc2c(Cl)cccc2Cl)c1C. The maximum atomic E-state index is 6.19. The standard InChI is InChI=1S/C15H18Cl2N4/c1-4-8-18-14-9(2)15(20-10(3)19-14)21-13-11(16)6-5-7-12(13)17/h5-7H,4,8H2,1-3H3,(H2,18,19,20,21). The molecule has 0 aliphatic rings. The number of nitrogens with zero attached hydrogens (tertiary/aromatic N) is 2. The fraction of sp³-hybridized carbons (Fsp3) is 0.333. The average Bonchev–Trinajstić information content (AvgIpc) is 2.44. The van der Waals surface area contributed by atoms with Crippen molar-refractivity contribution in [1.29, 1.82) is 0 Å². The van der Waals surface area contributed by atoms with E-state index in [1.165, 1.54) is 0 Å². The highest BCUT2D eigenvalue weighted by Gasteiger charge is 2.12. The zero-order valence-corrected chi connectivity index (χ0v) is 13.8. The zero-order chi connectivity index (χ0) is 15.4. The van der Waals surface area contributed by atoms with Crippen LogP contribution in [0.25, 0.3) is 0 Å². The molecule has 1 aromatic carbocycles. The largest absolute Gasteiger partial charge is 0.370 e. The first-order valence-electron chi connectivity index (χ1n) is 6.83. The number of hydrogen-bond donors (Lipinski definition) is 2. The highest BCUT2D eigenvalue weighted by molar-refractivity contribution is 6.39. The van der Waals surface area contributed by atoms with Crippen molar-refractivity contribution in [3.05, 3.63) is 39.6 Å². The van der Waals surface area contributed by atoms with Crippen LogP contribution in [0, 0.1) is 13.8 Å². The van der Waals surface area contributed by atoms with Crippen molar-refractivity contribution >= 4 is 40.5 Å². The van der Waals surface area contributed by atoms with Crippen molar-refractivity contribution in [2.45, 2.75) is 27.2 Å². The van der Waals surface area contributed by atoms with E-state index in [4.69, 9.17) is 23.2 Å². The number of rotatable bonds is 5. The summed E-state index contributed by atoms with van der Waals surface area (Å²) in [5.41, 5.74) is 1.59. The lowest BCUT2D eigenvalue weighted by Gasteiger charge is -2.15. The summed E-state index contributed by atoms with van der Waals surface area (Å²) in [5, 5.41) is 7.63. The van der Waals surface area contributed by atoms with Crippen molar-refractivity contribution in [3.63, 3.8) is 0 Å². The molecule has 1 heterocycles. The summed E-state index contributed by atoms with van der Waals surface area (Å²) < 4.78 is 0. The second kappa shape index (κ2) is 6.96. The Bertz CT molecular complexity index is 624. The minimum Gasteiger partial charge on any atom is -0.370 e. The third kappa shape index (κ3) is 3.77. The van der Waals surface area contributed by atoms with Gasteiger partial charge in [0.15, 0.2) is 0 Å². The summed E-state index contributed by atoms with van der Waals surface area (Å²) in [7, 11) is 0. The van der Waals surface area contributed by atoms with Gasteiger partial charge in [0, 0.05) is 12.1 Å². The number of benzene rings is 1. The number of anilines is 3. The van der Waals surface area contributed by atoms with Crippen molar-refractivity contribution in [2.75, 3.05) is 17.2 Å². The van der Waals surface area contributed by atoms with Crippen molar-refractivity contribution < 1.29 is 0 Å². The van der Waals surface area contributed by atoms with E-state index in [9.17, 15) is 0 Å². The van der Waals surface area contributed by atoms with Gasteiger partial charge in [0.25, 0.3) is 0 Å². The van der Waals surface area contributed by atoms with E-state index in [1.54, 1.807) is 12.1 Å². The minimum atomic E-state index is 0.557. The molecule has 112 valence electrons. The van der Waals surface area contributed by atoms with Gasteiger partial charge in [-0.15, -0.1) is 0 Å². The smallest absolute Gasteiger partial charge is 0.139 e. The summed E-state index contributed by atoms with van der Waals surface area (Å²) >= 11 is 12.4. The molecular formula is C15H18Cl2N4. The molecule has 0 bridgehead atoms. The lowest BCUT2D eigenvalue weighted by molar-refractivity contribution is 0.948. The molecular weight excluding hydrogens is 307 g/mol. The predicted molar refractivity (Wildman–Crippen MR) is 90.0 cm³/mol. The molecule has 2 N–H and O–H groups in total. The first-order chi connectivity index (χ1) is 10.0. The highest BCUT2D eigenvalue weighted by Crippen LogP contribution is 2.33. The van der Waals surface area contributed by atoms with Crippen LogP contribution in [-0.2, 0) is 0 Å². The number of halogens is 2. The Hall–Kier alpha value is -1.52. The van der Waals surface area contributed by atoms with Crippen LogP contribution >= 0.6 is 23.2 Å². The fourth-order valence-electron chi connectivity index (χ4n) is 1.90. The molecule has 2 rings (SSSR count). The molecule has 1 aromatic heterocycles. The highest BCUT2D eigenvalue weighted by atomic mass is 35.5. The molecule has 0 atom stereocenters. The van der Waals surface area contributed by atoms with Gasteiger partial charge in [-0.05, 0) is 32.4 Å². The van der Waals surface area contributed by atoms with Gasteiger partial charge in [-0.3, -0.25) is 0 Å². The van der Waals surface area contributed by atoms with Crippen LogP contribution < -0.4 is 10.6 Å². The van der Waals surface area contributed by atoms with Crippen LogP contribution in [0.1, 0.15) is 24.7 Å². The van der Waals surface area contributed by atoms with Gasteiger partial charge in [0.1, 0.15) is 17.5 Å². The summed E-state index contributed by atoms with van der Waals surface area (Å²) in [6.07, 6.45) is 1.03. The van der Waals surface area contributed by atoms with Gasteiger partial charge in [-0.2, -0.15) is 0 Å². The van der Waals surface area contributed by atoms with E-state index < -0.39 is 0 Å². The van der Waals surface area contributed by atoms with E-state index in [2.05, 4.69) is 27.5 Å². The number of para-hydroxylation sites is 1.